The Kier molecular flexibility index (Phi) is 4.52. The van der Waals surface area contributed by atoms with Crippen molar-refractivity contribution in [3.05, 3.63) is 72.6 Å². The lowest BCUT2D eigenvalue weighted by Crippen LogP contribution is -2.44. The fourth-order valence-corrected chi connectivity index (χ4v) is 5.27. The Labute approximate surface area is 183 Å². The molecular formula is C26H31N3O2. The van der Waals surface area contributed by atoms with Crippen LogP contribution in [0.5, 0.6) is 0 Å². The minimum atomic E-state index is -0.437. The molecule has 5 rings (SSSR count). The normalized spacial score (nSPS) is 23.0. The summed E-state index contributed by atoms with van der Waals surface area (Å²) in [7, 11) is 0. The second kappa shape index (κ2) is 6.92. The molecule has 2 unspecified atom stereocenters. The lowest BCUT2D eigenvalue weighted by atomic mass is 9.78. The molecule has 0 saturated heterocycles. The maximum atomic E-state index is 12.6. The number of anilines is 3. The van der Waals surface area contributed by atoms with Crippen molar-refractivity contribution in [1.29, 1.82) is 0 Å². The van der Waals surface area contributed by atoms with E-state index in [1.807, 2.05) is 6.07 Å². The minimum absolute atomic E-state index is 0.00102. The van der Waals surface area contributed by atoms with Gasteiger partial charge in [0, 0.05) is 18.8 Å². The number of benzene rings is 1. The van der Waals surface area contributed by atoms with Crippen molar-refractivity contribution in [1.82, 2.24) is 5.32 Å². The number of fused-ring (bicyclic) bond motifs is 2. The van der Waals surface area contributed by atoms with Crippen LogP contribution in [0.15, 0.2) is 45.0 Å². The molecule has 1 heterocycles. The van der Waals surface area contributed by atoms with Crippen LogP contribution >= 0.6 is 0 Å². The Bertz CT molecular complexity index is 1200. The Morgan fingerprint density at radius 3 is 2.42 bits per heavy atom. The molecule has 0 bridgehead atoms. The molecule has 31 heavy (non-hydrogen) atoms. The summed E-state index contributed by atoms with van der Waals surface area (Å²) in [5.74, 6) is 1.19. The largest absolute Gasteiger partial charge is 0.373 e. The first kappa shape index (κ1) is 20.3. The minimum Gasteiger partial charge on any atom is -0.373 e. The molecule has 1 fully saturated rings. The summed E-state index contributed by atoms with van der Waals surface area (Å²) >= 11 is 0. The van der Waals surface area contributed by atoms with Gasteiger partial charge in [-0.25, -0.2) is 0 Å². The van der Waals surface area contributed by atoms with Crippen molar-refractivity contribution in [3.63, 3.8) is 0 Å². The van der Waals surface area contributed by atoms with Gasteiger partial charge in [0.15, 0.2) is 0 Å². The fraction of sp³-hybridized carbons (Fsp3) is 0.462. The van der Waals surface area contributed by atoms with Gasteiger partial charge < -0.3 is 16.0 Å². The molecule has 0 spiro atoms. The average Bonchev–Trinajstić information content (AvgIpc) is 3.38. The SMILES string of the molecule is CC1=CC=C([C@H](Nc2c(Nc3ccc(C)c4c3CNC4)c(=O)c2=O)C(C)(C)C)C2CC12. The predicted molar refractivity (Wildman–Crippen MR) is 127 cm³/mol. The molecule has 2 aromatic carbocycles. The summed E-state index contributed by atoms with van der Waals surface area (Å²) in [6.07, 6.45) is 5.62. The average molecular weight is 418 g/mol. The molecule has 5 heteroatoms. The highest BCUT2D eigenvalue weighted by Gasteiger charge is 2.47. The highest BCUT2D eigenvalue weighted by atomic mass is 16.2. The molecule has 3 atom stereocenters. The smallest absolute Gasteiger partial charge is 0.253 e. The van der Waals surface area contributed by atoms with Crippen LogP contribution in [0.3, 0.4) is 0 Å². The van der Waals surface area contributed by atoms with Crippen LogP contribution in [-0.4, -0.2) is 6.04 Å². The molecule has 1 aliphatic heterocycles. The van der Waals surface area contributed by atoms with Crippen LogP contribution in [0, 0.1) is 24.2 Å². The monoisotopic (exact) mass is 417 g/mol. The van der Waals surface area contributed by atoms with E-state index in [0.29, 0.717) is 23.2 Å². The number of allylic oxidation sites excluding steroid dienone is 3. The molecule has 3 N–H and O–H groups in total. The van der Waals surface area contributed by atoms with Crippen LogP contribution in [0.2, 0.25) is 0 Å². The van der Waals surface area contributed by atoms with Crippen molar-refractivity contribution >= 4 is 17.1 Å². The maximum Gasteiger partial charge on any atom is 0.253 e. The van der Waals surface area contributed by atoms with E-state index in [0.717, 1.165) is 18.8 Å². The Morgan fingerprint density at radius 1 is 0.968 bits per heavy atom. The molecule has 0 radical (unpaired) electrons. The Balaban J connectivity index is 1.47. The molecular weight excluding hydrogens is 386 g/mol. The third-order valence-electron chi connectivity index (χ3n) is 7.27. The van der Waals surface area contributed by atoms with Crippen LogP contribution in [-0.2, 0) is 13.1 Å². The third-order valence-corrected chi connectivity index (χ3v) is 7.27. The first-order chi connectivity index (χ1) is 14.7. The number of hydrogen-bond acceptors (Lipinski definition) is 5. The lowest BCUT2D eigenvalue weighted by molar-refractivity contribution is 0.363. The zero-order valence-electron chi connectivity index (χ0n) is 19.0. The van der Waals surface area contributed by atoms with E-state index in [1.54, 1.807) is 0 Å². The van der Waals surface area contributed by atoms with Crippen LogP contribution in [0.1, 0.15) is 50.8 Å². The first-order valence-electron chi connectivity index (χ1n) is 11.2. The molecule has 3 aliphatic rings. The van der Waals surface area contributed by atoms with Crippen molar-refractivity contribution in [2.24, 2.45) is 17.3 Å². The molecule has 5 nitrogen and oxygen atoms in total. The van der Waals surface area contributed by atoms with E-state index >= 15 is 0 Å². The van der Waals surface area contributed by atoms with Crippen molar-refractivity contribution in [3.8, 4) is 0 Å². The highest BCUT2D eigenvalue weighted by Crippen LogP contribution is 2.54. The van der Waals surface area contributed by atoms with Gasteiger partial charge in [0.05, 0.1) is 6.04 Å². The van der Waals surface area contributed by atoms with Gasteiger partial charge in [-0.1, -0.05) is 44.6 Å². The van der Waals surface area contributed by atoms with Gasteiger partial charge in [0.1, 0.15) is 11.4 Å². The first-order valence-corrected chi connectivity index (χ1v) is 11.2. The van der Waals surface area contributed by atoms with Gasteiger partial charge in [-0.2, -0.15) is 0 Å². The zero-order chi connectivity index (χ0) is 22.1. The zero-order valence-corrected chi connectivity index (χ0v) is 19.0. The van der Waals surface area contributed by atoms with Crippen LogP contribution in [0.4, 0.5) is 17.1 Å². The van der Waals surface area contributed by atoms with E-state index in [1.165, 1.54) is 34.3 Å². The summed E-state index contributed by atoms with van der Waals surface area (Å²) in [4.78, 5) is 25.1. The van der Waals surface area contributed by atoms with Crippen molar-refractivity contribution in [2.75, 3.05) is 10.6 Å². The standard InChI is InChI=1S/C26H31N3O2/c1-13-6-8-15(17-10-16(13)17)25(26(3,4)5)29-22-21(23(30)24(22)31)28-20-9-7-14(2)18-11-27-12-19(18)20/h6-9,16-17,25,27-29H,10-12H2,1-5H3/t16?,17?,25-/m0/s1. The van der Waals surface area contributed by atoms with Gasteiger partial charge in [-0.05, 0) is 65.8 Å². The second-order valence-electron chi connectivity index (χ2n) is 10.5. The van der Waals surface area contributed by atoms with Gasteiger partial charge in [-0.3, -0.25) is 9.59 Å². The number of rotatable bonds is 5. The van der Waals surface area contributed by atoms with Gasteiger partial charge in [-0.15, -0.1) is 0 Å². The number of aryl methyl sites for hydroxylation is 1. The Morgan fingerprint density at radius 2 is 1.68 bits per heavy atom. The summed E-state index contributed by atoms with van der Waals surface area (Å²) in [5.41, 5.74) is 7.28. The van der Waals surface area contributed by atoms with Gasteiger partial charge in [0.2, 0.25) is 0 Å². The number of nitrogens with one attached hydrogen (secondary N) is 3. The van der Waals surface area contributed by atoms with E-state index in [4.69, 9.17) is 0 Å². The molecule has 2 aliphatic carbocycles. The highest BCUT2D eigenvalue weighted by molar-refractivity contribution is 5.81. The van der Waals surface area contributed by atoms with Gasteiger partial charge >= 0.3 is 0 Å². The molecule has 2 aromatic rings. The Hall–Kier alpha value is -2.66. The van der Waals surface area contributed by atoms with E-state index in [2.05, 4.69) is 68.8 Å². The molecule has 0 amide bonds. The number of hydrogen-bond donors (Lipinski definition) is 3. The molecule has 1 saturated carbocycles. The van der Waals surface area contributed by atoms with Crippen LogP contribution in [0.25, 0.3) is 0 Å². The van der Waals surface area contributed by atoms with Gasteiger partial charge in [0.25, 0.3) is 10.9 Å². The fourth-order valence-electron chi connectivity index (χ4n) is 5.27. The van der Waals surface area contributed by atoms with E-state index in [-0.39, 0.29) is 11.5 Å². The lowest BCUT2D eigenvalue weighted by Gasteiger charge is -2.36. The van der Waals surface area contributed by atoms with E-state index < -0.39 is 10.9 Å². The summed E-state index contributed by atoms with van der Waals surface area (Å²) in [5, 5.41) is 10.2. The van der Waals surface area contributed by atoms with E-state index in [9.17, 15) is 9.59 Å². The molecule has 162 valence electrons. The maximum absolute atomic E-state index is 12.6. The summed E-state index contributed by atoms with van der Waals surface area (Å²) in [6.45, 7) is 12.5. The molecule has 0 aromatic heterocycles. The third kappa shape index (κ3) is 3.26. The summed E-state index contributed by atoms with van der Waals surface area (Å²) in [6, 6.07) is 4.08. The second-order valence-corrected chi connectivity index (χ2v) is 10.5. The van der Waals surface area contributed by atoms with Crippen molar-refractivity contribution in [2.45, 2.75) is 60.2 Å². The quantitative estimate of drug-likeness (QED) is 0.633. The topological polar surface area (TPSA) is 70.2 Å². The predicted octanol–water partition coefficient (Wildman–Crippen LogP) is 4.29. The van der Waals surface area contributed by atoms with Crippen molar-refractivity contribution < 1.29 is 0 Å². The summed E-state index contributed by atoms with van der Waals surface area (Å²) < 4.78 is 0. The van der Waals surface area contributed by atoms with Crippen LogP contribution < -0.4 is 26.8 Å².